The van der Waals surface area contributed by atoms with Gasteiger partial charge in [-0.25, -0.2) is 9.86 Å². The van der Waals surface area contributed by atoms with Crippen LogP contribution in [0.2, 0.25) is 0 Å². The monoisotopic (exact) mass is 215 g/mol. The Morgan fingerprint density at radius 2 is 2.00 bits per heavy atom. The lowest BCUT2D eigenvalue weighted by atomic mass is 10.2. The first kappa shape index (κ1) is 10.5. The molecule has 0 unspecified atom stereocenters. The summed E-state index contributed by atoms with van der Waals surface area (Å²) >= 11 is 0. The van der Waals surface area contributed by atoms with Crippen molar-refractivity contribution >= 4 is 21.8 Å². The lowest BCUT2D eigenvalue weighted by Crippen LogP contribution is -2.35. The van der Waals surface area contributed by atoms with Gasteiger partial charge in [-0.3, -0.25) is 4.79 Å². The van der Waals surface area contributed by atoms with Gasteiger partial charge in [0.2, 0.25) is 0 Å². The van der Waals surface area contributed by atoms with E-state index in [4.69, 9.17) is 5.73 Å². The van der Waals surface area contributed by atoms with Crippen LogP contribution in [0, 0.1) is 0 Å². The van der Waals surface area contributed by atoms with E-state index < -0.39 is 16.1 Å². The number of nitrogen functional groups attached to an aromatic ring is 1. The molecule has 0 fully saturated rings. The highest BCUT2D eigenvalue weighted by Crippen LogP contribution is 2.06. The van der Waals surface area contributed by atoms with E-state index in [9.17, 15) is 13.2 Å². The number of carbonyl (C=O) groups is 1. The van der Waals surface area contributed by atoms with Gasteiger partial charge >= 0.3 is 0 Å². The number of amides is 1. The topological polar surface area (TPSA) is 115 Å². The van der Waals surface area contributed by atoms with Gasteiger partial charge in [0.15, 0.2) is 0 Å². The molecule has 1 aromatic rings. The van der Waals surface area contributed by atoms with Crippen molar-refractivity contribution in [1.29, 1.82) is 0 Å². The Balaban J connectivity index is 2.91. The molecule has 0 spiro atoms. The number of nitrogens with two attached hydrogens (primary N) is 2. The van der Waals surface area contributed by atoms with Crippen molar-refractivity contribution in [1.82, 2.24) is 4.72 Å². The first-order valence-corrected chi connectivity index (χ1v) is 5.13. The summed E-state index contributed by atoms with van der Waals surface area (Å²) in [5.74, 6) is -0.806. The summed E-state index contributed by atoms with van der Waals surface area (Å²) in [4.78, 5) is 11.2. The van der Waals surface area contributed by atoms with Gasteiger partial charge in [-0.05, 0) is 18.2 Å². The summed E-state index contributed by atoms with van der Waals surface area (Å²) in [5, 5.41) is 4.62. The van der Waals surface area contributed by atoms with Gasteiger partial charge in [0.25, 0.3) is 16.1 Å². The third-order valence-corrected chi connectivity index (χ3v) is 1.85. The molecule has 0 saturated heterocycles. The number of nitrogens with one attached hydrogen (secondary N) is 1. The van der Waals surface area contributed by atoms with Crippen LogP contribution in [0.4, 0.5) is 5.69 Å². The second-order valence-corrected chi connectivity index (χ2v) is 3.90. The summed E-state index contributed by atoms with van der Waals surface area (Å²) < 4.78 is 22.6. The van der Waals surface area contributed by atoms with Crippen LogP contribution in [0.5, 0.6) is 0 Å². The van der Waals surface area contributed by atoms with Crippen molar-refractivity contribution in [3.05, 3.63) is 29.8 Å². The van der Waals surface area contributed by atoms with Gasteiger partial charge in [-0.1, -0.05) is 6.07 Å². The van der Waals surface area contributed by atoms with Crippen LogP contribution in [-0.4, -0.2) is 14.3 Å². The third kappa shape index (κ3) is 3.04. The minimum atomic E-state index is -4.02. The Kier molecular flexibility index (Phi) is 2.73. The van der Waals surface area contributed by atoms with Crippen LogP contribution in [0.15, 0.2) is 24.3 Å². The fourth-order valence-corrected chi connectivity index (χ4v) is 1.24. The Morgan fingerprint density at radius 1 is 1.36 bits per heavy atom. The van der Waals surface area contributed by atoms with Crippen LogP contribution >= 0.6 is 0 Å². The van der Waals surface area contributed by atoms with Crippen molar-refractivity contribution in [2.45, 2.75) is 0 Å². The molecule has 1 rings (SSSR count). The molecule has 0 atom stereocenters. The quantitative estimate of drug-likeness (QED) is 0.560. The highest BCUT2D eigenvalue weighted by Gasteiger charge is 2.10. The fraction of sp³-hybridized carbons (Fsp3) is 0. The zero-order valence-corrected chi connectivity index (χ0v) is 7.91. The lowest BCUT2D eigenvalue weighted by Gasteiger charge is -2.02. The van der Waals surface area contributed by atoms with Gasteiger partial charge in [-0.2, -0.15) is 8.42 Å². The highest BCUT2D eigenvalue weighted by molar-refractivity contribution is 7.87. The predicted molar refractivity (Wildman–Crippen MR) is 51.4 cm³/mol. The maximum Gasteiger partial charge on any atom is 0.298 e. The van der Waals surface area contributed by atoms with Crippen LogP contribution in [-0.2, 0) is 10.2 Å². The minimum absolute atomic E-state index is 0.138. The molecule has 0 saturated carbocycles. The second-order valence-electron chi connectivity index (χ2n) is 2.60. The van der Waals surface area contributed by atoms with Crippen LogP contribution in [0.3, 0.4) is 0 Å². The Hall–Kier alpha value is -1.60. The molecule has 0 aromatic heterocycles. The molecular weight excluding hydrogens is 206 g/mol. The average Bonchev–Trinajstić information content (AvgIpc) is 2.01. The zero-order chi connectivity index (χ0) is 10.8. The molecule has 6 nitrogen and oxygen atoms in total. The van der Waals surface area contributed by atoms with Gasteiger partial charge in [0.1, 0.15) is 0 Å². The maximum atomic E-state index is 11.2. The number of hydrogen-bond acceptors (Lipinski definition) is 4. The number of hydrogen-bond donors (Lipinski definition) is 3. The normalized spacial score (nSPS) is 10.9. The second kappa shape index (κ2) is 3.64. The summed E-state index contributed by atoms with van der Waals surface area (Å²) in [6.45, 7) is 0. The largest absolute Gasteiger partial charge is 0.399 e. The van der Waals surface area contributed by atoms with E-state index in [1.54, 1.807) is 10.8 Å². The molecule has 14 heavy (non-hydrogen) atoms. The van der Waals surface area contributed by atoms with Crippen LogP contribution in [0.25, 0.3) is 0 Å². The van der Waals surface area contributed by atoms with Gasteiger partial charge in [0.05, 0.1) is 0 Å². The molecule has 5 N–H and O–H groups in total. The van der Waals surface area contributed by atoms with Crippen molar-refractivity contribution in [3.63, 3.8) is 0 Å². The molecule has 76 valence electrons. The van der Waals surface area contributed by atoms with Gasteiger partial charge in [-0.15, -0.1) is 0 Å². The lowest BCUT2D eigenvalue weighted by molar-refractivity contribution is 0.0981. The van der Waals surface area contributed by atoms with Gasteiger partial charge in [0, 0.05) is 11.3 Å². The molecule has 1 aromatic carbocycles. The van der Waals surface area contributed by atoms with Gasteiger partial charge < -0.3 is 5.73 Å². The maximum absolute atomic E-state index is 11.2. The Labute approximate surface area is 81.1 Å². The third-order valence-electron chi connectivity index (χ3n) is 1.38. The first-order valence-electron chi connectivity index (χ1n) is 3.59. The van der Waals surface area contributed by atoms with E-state index in [1.165, 1.54) is 18.2 Å². The molecule has 1 amide bonds. The summed E-state index contributed by atoms with van der Waals surface area (Å²) in [5.41, 5.74) is 5.91. The van der Waals surface area contributed by atoms with Crippen molar-refractivity contribution in [3.8, 4) is 0 Å². The van der Waals surface area contributed by atoms with E-state index in [0.717, 1.165) is 0 Å². The predicted octanol–water partition coefficient (Wildman–Crippen LogP) is -0.798. The number of carbonyl (C=O) groups excluding carboxylic acids is 1. The molecule has 0 aliphatic heterocycles. The van der Waals surface area contributed by atoms with E-state index in [-0.39, 0.29) is 5.56 Å². The fourth-order valence-electron chi connectivity index (χ4n) is 0.868. The number of anilines is 1. The minimum Gasteiger partial charge on any atom is -0.399 e. The van der Waals surface area contributed by atoms with Crippen LogP contribution in [0.1, 0.15) is 10.4 Å². The molecule has 0 radical (unpaired) electrons. The van der Waals surface area contributed by atoms with Crippen molar-refractivity contribution in [2.24, 2.45) is 5.14 Å². The zero-order valence-electron chi connectivity index (χ0n) is 7.10. The molecular formula is C7H9N3O3S. The number of rotatable bonds is 2. The molecule has 0 bridgehead atoms. The molecule has 0 aliphatic carbocycles. The molecule has 0 heterocycles. The summed E-state index contributed by atoms with van der Waals surface area (Å²) in [6, 6.07) is 5.89. The highest BCUT2D eigenvalue weighted by atomic mass is 32.2. The van der Waals surface area contributed by atoms with E-state index in [1.807, 2.05) is 0 Å². The van der Waals surface area contributed by atoms with E-state index >= 15 is 0 Å². The van der Waals surface area contributed by atoms with E-state index in [2.05, 4.69) is 5.14 Å². The standard InChI is InChI=1S/C7H9N3O3S/c8-6-3-1-2-5(4-6)7(11)10-14(9,12)13/h1-4H,8H2,(H,10,11)(H2,9,12,13). The summed E-state index contributed by atoms with van der Waals surface area (Å²) in [7, 11) is -4.02. The van der Waals surface area contributed by atoms with Crippen LogP contribution < -0.4 is 15.6 Å². The Morgan fingerprint density at radius 3 is 2.50 bits per heavy atom. The number of benzene rings is 1. The van der Waals surface area contributed by atoms with E-state index in [0.29, 0.717) is 5.69 Å². The smallest absolute Gasteiger partial charge is 0.298 e. The van der Waals surface area contributed by atoms with Crippen molar-refractivity contribution < 1.29 is 13.2 Å². The van der Waals surface area contributed by atoms with Crippen molar-refractivity contribution in [2.75, 3.05) is 5.73 Å². The Bertz CT molecular complexity index is 455. The SMILES string of the molecule is Nc1cccc(C(=O)NS(N)(=O)=O)c1. The summed E-state index contributed by atoms with van der Waals surface area (Å²) in [6.07, 6.45) is 0. The molecule has 7 heteroatoms. The molecule has 0 aliphatic rings. The average molecular weight is 215 g/mol. The first-order chi connectivity index (χ1) is 6.38.